The number of halogens is 2. The van der Waals surface area contributed by atoms with E-state index in [9.17, 15) is 9.18 Å². The fraction of sp³-hybridized carbons (Fsp3) is 0.238. The van der Waals surface area contributed by atoms with Gasteiger partial charge in [-0.05, 0) is 36.8 Å². The van der Waals surface area contributed by atoms with Crippen LogP contribution < -0.4 is 0 Å². The maximum Gasteiger partial charge on any atom is 0.254 e. The summed E-state index contributed by atoms with van der Waals surface area (Å²) in [6, 6.07) is 11.4. The second-order valence-electron chi connectivity index (χ2n) is 6.30. The van der Waals surface area contributed by atoms with Crippen LogP contribution in [0, 0.1) is 5.82 Å². The first-order valence-electron chi connectivity index (χ1n) is 8.84. The van der Waals surface area contributed by atoms with Gasteiger partial charge in [-0.1, -0.05) is 30.7 Å². The average Bonchev–Trinajstić information content (AvgIpc) is 2.97. The molecule has 0 bridgehead atoms. The topological polar surface area (TPSA) is 38.1 Å². The van der Waals surface area contributed by atoms with Crippen LogP contribution in [0.25, 0.3) is 11.0 Å². The molecule has 0 spiro atoms. The van der Waals surface area contributed by atoms with Crippen molar-refractivity contribution in [3.8, 4) is 0 Å². The number of imidazole rings is 1. The Morgan fingerprint density at radius 1 is 1.33 bits per heavy atom. The summed E-state index contributed by atoms with van der Waals surface area (Å²) in [4.78, 5) is 19.2. The van der Waals surface area contributed by atoms with Gasteiger partial charge in [0, 0.05) is 29.7 Å². The molecule has 27 heavy (non-hydrogen) atoms. The first-order chi connectivity index (χ1) is 13.0. The number of aryl methyl sites for hydroxylation is 1. The van der Waals surface area contributed by atoms with E-state index in [0.29, 0.717) is 29.2 Å². The predicted octanol–water partition coefficient (Wildman–Crippen LogP) is 5.07. The third-order valence-corrected chi connectivity index (χ3v) is 4.51. The van der Waals surface area contributed by atoms with Gasteiger partial charge in [0.2, 0.25) is 0 Å². The van der Waals surface area contributed by atoms with E-state index in [-0.39, 0.29) is 11.7 Å². The van der Waals surface area contributed by atoms with Crippen LogP contribution in [-0.2, 0) is 13.1 Å². The van der Waals surface area contributed by atoms with E-state index in [1.165, 1.54) is 12.1 Å². The summed E-state index contributed by atoms with van der Waals surface area (Å²) in [5, 5.41) is 0.507. The summed E-state index contributed by atoms with van der Waals surface area (Å²) in [5.74, 6) is 0.238. The highest BCUT2D eigenvalue weighted by molar-refractivity contribution is 6.30. The van der Waals surface area contributed by atoms with Crippen molar-refractivity contribution in [3.63, 3.8) is 0 Å². The number of rotatable bonds is 7. The number of carbonyl (C=O) groups excluding carboxylic acids is 1. The summed E-state index contributed by atoms with van der Waals surface area (Å²) < 4.78 is 15.6. The molecule has 3 rings (SSSR count). The predicted molar refractivity (Wildman–Crippen MR) is 106 cm³/mol. The van der Waals surface area contributed by atoms with Crippen molar-refractivity contribution < 1.29 is 9.18 Å². The molecular weight excluding hydrogens is 365 g/mol. The molecule has 0 radical (unpaired) electrons. The number of benzene rings is 2. The molecule has 0 saturated carbocycles. The van der Waals surface area contributed by atoms with Crippen LogP contribution in [0.15, 0.2) is 55.1 Å². The molecule has 1 aromatic heterocycles. The van der Waals surface area contributed by atoms with Gasteiger partial charge in [0.25, 0.3) is 5.91 Å². The Bertz CT molecular complexity index is 983. The highest BCUT2D eigenvalue weighted by atomic mass is 35.5. The second-order valence-corrected chi connectivity index (χ2v) is 6.73. The minimum absolute atomic E-state index is 0.154. The summed E-state index contributed by atoms with van der Waals surface area (Å²) in [7, 11) is 0. The smallest absolute Gasteiger partial charge is 0.254 e. The highest BCUT2D eigenvalue weighted by Crippen LogP contribution is 2.21. The number of aromatic nitrogens is 2. The Morgan fingerprint density at radius 2 is 2.15 bits per heavy atom. The first-order valence-corrected chi connectivity index (χ1v) is 9.21. The Morgan fingerprint density at radius 3 is 2.85 bits per heavy atom. The monoisotopic (exact) mass is 385 g/mol. The van der Waals surface area contributed by atoms with E-state index in [1.807, 2.05) is 4.57 Å². The van der Waals surface area contributed by atoms with E-state index >= 15 is 0 Å². The molecule has 1 heterocycles. The summed E-state index contributed by atoms with van der Waals surface area (Å²) >= 11 is 6.02. The normalized spacial score (nSPS) is 10.9. The van der Waals surface area contributed by atoms with E-state index in [1.54, 1.807) is 41.3 Å². The number of nitrogens with zero attached hydrogens (tertiary/aromatic N) is 3. The number of hydrogen-bond acceptors (Lipinski definition) is 2. The molecular formula is C21H21ClFN3O. The van der Waals surface area contributed by atoms with Crippen molar-refractivity contribution in [2.45, 2.75) is 26.4 Å². The minimum atomic E-state index is -0.326. The SMILES string of the molecule is C=CCN(Cc1nc2cc(F)ccc2n1CCC)C(=O)c1cccc(Cl)c1. The third kappa shape index (κ3) is 4.19. The first kappa shape index (κ1) is 19.1. The highest BCUT2D eigenvalue weighted by Gasteiger charge is 2.19. The Balaban J connectivity index is 1.97. The fourth-order valence-electron chi connectivity index (χ4n) is 3.10. The zero-order chi connectivity index (χ0) is 19.4. The zero-order valence-corrected chi connectivity index (χ0v) is 15.9. The van der Waals surface area contributed by atoms with E-state index in [2.05, 4.69) is 18.5 Å². The number of amides is 1. The molecule has 0 N–H and O–H groups in total. The molecule has 2 aromatic carbocycles. The van der Waals surface area contributed by atoms with Gasteiger partial charge >= 0.3 is 0 Å². The third-order valence-electron chi connectivity index (χ3n) is 4.28. The Labute approximate surface area is 162 Å². The number of hydrogen-bond donors (Lipinski definition) is 0. The van der Waals surface area contributed by atoms with Crippen molar-refractivity contribution in [1.29, 1.82) is 0 Å². The molecule has 0 saturated heterocycles. The van der Waals surface area contributed by atoms with Gasteiger partial charge in [-0.2, -0.15) is 0 Å². The van der Waals surface area contributed by atoms with Crippen LogP contribution in [0.4, 0.5) is 4.39 Å². The van der Waals surface area contributed by atoms with Crippen molar-refractivity contribution in [1.82, 2.24) is 14.5 Å². The van der Waals surface area contributed by atoms with E-state index in [0.717, 1.165) is 24.3 Å². The lowest BCUT2D eigenvalue weighted by Crippen LogP contribution is -2.32. The van der Waals surface area contributed by atoms with Crippen molar-refractivity contribution in [2.75, 3.05) is 6.54 Å². The van der Waals surface area contributed by atoms with Gasteiger partial charge in [-0.3, -0.25) is 4.79 Å². The molecule has 0 fully saturated rings. The van der Waals surface area contributed by atoms with Crippen LogP contribution >= 0.6 is 11.6 Å². The van der Waals surface area contributed by atoms with Gasteiger partial charge in [0.1, 0.15) is 11.6 Å². The Hall–Kier alpha value is -2.66. The molecule has 6 heteroatoms. The summed E-state index contributed by atoms with van der Waals surface area (Å²) in [6.45, 7) is 7.23. The van der Waals surface area contributed by atoms with Crippen molar-refractivity contribution in [2.24, 2.45) is 0 Å². The molecule has 0 aliphatic rings. The van der Waals surface area contributed by atoms with Gasteiger partial charge in [-0.15, -0.1) is 6.58 Å². The number of fused-ring (bicyclic) bond motifs is 1. The molecule has 0 aliphatic carbocycles. The second kappa shape index (κ2) is 8.35. The van der Waals surface area contributed by atoms with Gasteiger partial charge in [-0.25, -0.2) is 9.37 Å². The average molecular weight is 386 g/mol. The molecule has 4 nitrogen and oxygen atoms in total. The van der Waals surface area contributed by atoms with Crippen LogP contribution in [0.2, 0.25) is 5.02 Å². The van der Waals surface area contributed by atoms with Gasteiger partial charge < -0.3 is 9.47 Å². The van der Waals surface area contributed by atoms with Gasteiger partial charge in [0.05, 0.1) is 17.6 Å². The lowest BCUT2D eigenvalue weighted by Gasteiger charge is -2.21. The largest absolute Gasteiger partial charge is 0.327 e. The molecule has 1 amide bonds. The van der Waals surface area contributed by atoms with Crippen LogP contribution in [0.5, 0.6) is 0 Å². The Kier molecular flexibility index (Phi) is 5.91. The maximum absolute atomic E-state index is 13.6. The zero-order valence-electron chi connectivity index (χ0n) is 15.2. The van der Waals surface area contributed by atoms with Gasteiger partial charge in [0.15, 0.2) is 0 Å². The minimum Gasteiger partial charge on any atom is -0.327 e. The quantitative estimate of drug-likeness (QED) is 0.533. The van der Waals surface area contributed by atoms with Crippen LogP contribution in [0.3, 0.4) is 0 Å². The molecule has 140 valence electrons. The fourth-order valence-corrected chi connectivity index (χ4v) is 3.29. The summed E-state index contributed by atoms with van der Waals surface area (Å²) in [5.41, 5.74) is 1.96. The standard InChI is InChI=1S/C21H21ClFN3O/c1-3-10-25(21(27)15-6-5-7-16(22)12-15)14-20-24-18-13-17(23)8-9-19(18)26(20)11-4-2/h3,5-9,12-13H,1,4,10-11,14H2,2H3. The lowest BCUT2D eigenvalue weighted by molar-refractivity contribution is 0.0757. The van der Waals surface area contributed by atoms with Crippen LogP contribution in [-0.4, -0.2) is 26.9 Å². The van der Waals surface area contributed by atoms with E-state index < -0.39 is 0 Å². The molecule has 0 atom stereocenters. The molecule has 0 unspecified atom stereocenters. The summed E-state index contributed by atoms with van der Waals surface area (Å²) in [6.07, 6.45) is 2.58. The van der Waals surface area contributed by atoms with E-state index in [4.69, 9.17) is 11.6 Å². The van der Waals surface area contributed by atoms with Crippen molar-refractivity contribution >= 4 is 28.5 Å². The molecule has 3 aromatic rings. The maximum atomic E-state index is 13.6. The molecule has 0 aliphatic heterocycles. The number of carbonyl (C=O) groups is 1. The van der Waals surface area contributed by atoms with Crippen LogP contribution in [0.1, 0.15) is 29.5 Å². The van der Waals surface area contributed by atoms with Crippen molar-refractivity contribution in [3.05, 3.63) is 77.3 Å². The lowest BCUT2D eigenvalue weighted by atomic mass is 10.2.